The fraction of sp³-hybridized carbons (Fsp3) is 0.407. The number of piperidine rings is 1. The zero-order valence-electron chi connectivity index (χ0n) is 21.7. The number of hydrogen-bond donors (Lipinski definition) is 1. The van der Waals surface area contributed by atoms with Crippen LogP contribution in [0.5, 0.6) is 5.75 Å². The predicted octanol–water partition coefficient (Wildman–Crippen LogP) is 5.70. The summed E-state index contributed by atoms with van der Waals surface area (Å²) in [5.41, 5.74) is 3.40. The van der Waals surface area contributed by atoms with Crippen LogP contribution in [0.2, 0.25) is 0 Å². The van der Waals surface area contributed by atoms with Gasteiger partial charge in [-0.05, 0) is 45.2 Å². The molecule has 1 aromatic carbocycles. The van der Waals surface area contributed by atoms with Crippen molar-refractivity contribution in [1.82, 2.24) is 25.3 Å². The van der Waals surface area contributed by atoms with E-state index in [2.05, 4.69) is 20.4 Å². The lowest BCUT2D eigenvalue weighted by atomic mass is 10.0. The van der Waals surface area contributed by atoms with Crippen LogP contribution in [0.15, 0.2) is 34.3 Å². The van der Waals surface area contributed by atoms with Gasteiger partial charge in [0.25, 0.3) is 18.0 Å². The summed E-state index contributed by atoms with van der Waals surface area (Å²) in [5, 5.41) is 7.50. The van der Waals surface area contributed by atoms with Gasteiger partial charge in [0.05, 0.1) is 27.7 Å². The number of carbonyl (C=O) groups is 1. The topological polar surface area (TPSA) is 93.4 Å². The Labute approximate surface area is 227 Å². The molecule has 5 rings (SSSR count). The summed E-state index contributed by atoms with van der Waals surface area (Å²) in [5.74, 6) is -0.559. The highest BCUT2D eigenvalue weighted by Crippen LogP contribution is 2.36. The van der Waals surface area contributed by atoms with Crippen LogP contribution >= 0.6 is 11.3 Å². The number of aryl methyl sites for hydroxylation is 3. The maximum absolute atomic E-state index is 14.4. The minimum absolute atomic E-state index is 0.0318. The van der Waals surface area contributed by atoms with E-state index in [0.29, 0.717) is 53.5 Å². The van der Waals surface area contributed by atoms with Crippen molar-refractivity contribution < 1.29 is 27.2 Å². The van der Waals surface area contributed by atoms with Gasteiger partial charge in [0.1, 0.15) is 28.8 Å². The number of benzene rings is 1. The van der Waals surface area contributed by atoms with E-state index in [1.165, 1.54) is 17.6 Å². The van der Waals surface area contributed by atoms with Crippen LogP contribution in [0, 0.1) is 26.6 Å². The largest absolute Gasteiger partial charge is 0.489 e. The first-order chi connectivity index (χ1) is 18.7. The number of ether oxygens (including phenoxy) is 1. The maximum Gasteiger partial charge on any atom is 0.281 e. The van der Waals surface area contributed by atoms with Gasteiger partial charge in [-0.1, -0.05) is 17.3 Å². The van der Waals surface area contributed by atoms with Gasteiger partial charge in [-0.15, -0.1) is 11.3 Å². The number of likely N-dealkylation sites (tertiary alicyclic amines) is 1. The fourth-order valence-corrected chi connectivity index (χ4v) is 5.94. The molecule has 1 aliphatic heterocycles. The summed E-state index contributed by atoms with van der Waals surface area (Å²) in [6.45, 7) is 6.45. The van der Waals surface area contributed by atoms with E-state index >= 15 is 0 Å². The molecule has 0 spiro atoms. The molecule has 206 valence electrons. The lowest BCUT2D eigenvalue weighted by Gasteiger charge is -2.37. The number of nitrogens with one attached hydrogen (secondary N) is 1. The monoisotopic (exact) mass is 559 g/mol. The van der Waals surface area contributed by atoms with Crippen molar-refractivity contribution in [2.75, 3.05) is 19.6 Å². The summed E-state index contributed by atoms with van der Waals surface area (Å²) >= 11 is 1.13. The van der Waals surface area contributed by atoms with Gasteiger partial charge >= 0.3 is 0 Å². The van der Waals surface area contributed by atoms with Gasteiger partial charge in [-0.25, -0.2) is 23.1 Å². The van der Waals surface area contributed by atoms with Gasteiger partial charge < -0.3 is 14.6 Å². The van der Waals surface area contributed by atoms with Crippen LogP contribution in [-0.4, -0.2) is 51.7 Å². The number of hydrogen-bond acceptors (Lipinski definition) is 8. The normalized spacial score (nSPS) is 15.7. The molecule has 4 aromatic rings. The van der Waals surface area contributed by atoms with Crippen molar-refractivity contribution in [3.05, 3.63) is 68.7 Å². The number of carbonyl (C=O) groups excluding carboxylic acids is 1. The molecule has 1 fully saturated rings. The predicted molar refractivity (Wildman–Crippen MR) is 140 cm³/mol. The quantitative estimate of drug-likeness (QED) is 0.296. The van der Waals surface area contributed by atoms with Gasteiger partial charge in [-0.2, -0.15) is 0 Å². The number of thiazole rings is 1. The molecule has 12 heteroatoms. The van der Waals surface area contributed by atoms with Crippen molar-refractivity contribution in [2.24, 2.45) is 0 Å². The van der Waals surface area contributed by atoms with E-state index in [4.69, 9.17) is 9.26 Å². The van der Waals surface area contributed by atoms with E-state index < -0.39 is 24.2 Å². The van der Waals surface area contributed by atoms with Gasteiger partial charge in [0, 0.05) is 31.4 Å². The van der Waals surface area contributed by atoms with Crippen molar-refractivity contribution in [3.63, 3.8) is 0 Å². The number of alkyl halides is 2. The maximum atomic E-state index is 14.4. The molecule has 8 nitrogen and oxygen atoms in total. The molecule has 0 radical (unpaired) electrons. The molecule has 0 bridgehead atoms. The molecular weight excluding hydrogens is 531 g/mol. The minimum atomic E-state index is -2.75. The lowest BCUT2D eigenvalue weighted by molar-refractivity contribution is 0.0709. The zero-order chi connectivity index (χ0) is 27.7. The Bertz CT molecular complexity index is 1460. The number of pyridine rings is 1. The zero-order valence-corrected chi connectivity index (χ0v) is 22.5. The average molecular weight is 560 g/mol. The number of amides is 1. The fourth-order valence-electron chi connectivity index (χ4n) is 5.01. The van der Waals surface area contributed by atoms with Crippen LogP contribution in [0.4, 0.5) is 13.2 Å². The average Bonchev–Trinajstić information content (AvgIpc) is 3.52. The van der Waals surface area contributed by atoms with E-state index in [1.54, 1.807) is 13.0 Å². The molecule has 1 aliphatic rings. The molecule has 3 aromatic heterocycles. The Balaban J connectivity index is 1.32. The molecule has 1 unspecified atom stereocenters. The second-order valence-electron chi connectivity index (χ2n) is 9.62. The van der Waals surface area contributed by atoms with Crippen molar-refractivity contribution in [1.29, 1.82) is 0 Å². The summed E-state index contributed by atoms with van der Waals surface area (Å²) < 4.78 is 53.6. The molecular formula is C27H28F3N5O3S. The third kappa shape index (κ3) is 5.62. The smallest absolute Gasteiger partial charge is 0.281 e. The Kier molecular flexibility index (Phi) is 7.85. The first kappa shape index (κ1) is 27.1. The summed E-state index contributed by atoms with van der Waals surface area (Å²) in [4.78, 5) is 23.6. The highest BCUT2D eigenvalue weighted by molar-refractivity contribution is 7.09. The standard InChI is InChI=1S/C27H28F3N5O3S/c1-14-5-4-6-18(28)21(14)26(36)31-12-19(24-23(25(29)30)32-13-39-24)35-9-7-17(8-10-35)37-20-11-15(2)33-27-22(20)16(3)34-38-27/h4-6,11,13,17,19,25H,7-10,12H2,1-3H3,(H,31,36). The Morgan fingerprint density at radius 1 is 1.26 bits per heavy atom. The van der Waals surface area contributed by atoms with E-state index in [1.807, 2.05) is 24.8 Å². The number of rotatable bonds is 8. The van der Waals surface area contributed by atoms with Crippen molar-refractivity contribution in [2.45, 2.75) is 52.2 Å². The minimum Gasteiger partial charge on any atom is -0.489 e. The summed E-state index contributed by atoms with van der Waals surface area (Å²) in [6.07, 6.45) is -1.60. The molecule has 39 heavy (non-hydrogen) atoms. The lowest BCUT2D eigenvalue weighted by Crippen LogP contribution is -2.44. The number of fused-ring (bicyclic) bond motifs is 1. The Morgan fingerprint density at radius 3 is 2.74 bits per heavy atom. The summed E-state index contributed by atoms with van der Waals surface area (Å²) in [6, 6.07) is 5.71. The molecule has 1 amide bonds. The van der Waals surface area contributed by atoms with Crippen LogP contribution < -0.4 is 10.1 Å². The van der Waals surface area contributed by atoms with E-state index in [0.717, 1.165) is 22.4 Å². The Hall–Kier alpha value is -3.51. The molecule has 1 atom stereocenters. The highest BCUT2D eigenvalue weighted by Gasteiger charge is 2.32. The number of nitrogens with zero attached hydrogens (tertiary/aromatic N) is 4. The van der Waals surface area contributed by atoms with E-state index in [-0.39, 0.29) is 23.9 Å². The molecule has 1 saturated heterocycles. The first-order valence-corrected chi connectivity index (χ1v) is 13.5. The second-order valence-corrected chi connectivity index (χ2v) is 10.5. The third-order valence-electron chi connectivity index (χ3n) is 6.96. The van der Waals surface area contributed by atoms with Crippen molar-refractivity contribution >= 4 is 28.3 Å². The highest BCUT2D eigenvalue weighted by atomic mass is 32.1. The first-order valence-electron chi connectivity index (χ1n) is 12.6. The molecule has 1 N–H and O–H groups in total. The SMILES string of the molecule is Cc1cc(OC2CCN(C(CNC(=O)c3c(C)cccc3F)c3scnc3C(F)F)CC2)c2c(C)noc2n1. The van der Waals surface area contributed by atoms with Crippen LogP contribution in [-0.2, 0) is 0 Å². The van der Waals surface area contributed by atoms with Crippen LogP contribution in [0.25, 0.3) is 11.1 Å². The van der Waals surface area contributed by atoms with Crippen LogP contribution in [0.1, 0.15) is 63.2 Å². The molecule has 0 saturated carbocycles. The van der Waals surface area contributed by atoms with Crippen molar-refractivity contribution in [3.8, 4) is 5.75 Å². The summed E-state index contributed by atoms with van der Waals surface area (Å²) in [7, 11) is 0. The van der Waals surface area contributed by atoms with Gasteiger partial charge in [0.2, 0.25) is 0 Å². The molecule has 4 heterocycles. The third-order valence-corrected chi connectivity index (χ3v) is 7.90. The van der Waals surface area contributed by atoms with Gasteiger partial charge in [0.15, 0.2) is 0 Å². The van der Waals surface area contributed by atoms with Gasteiger partial charge in [-0.3, -0.25) is 9.69 Å². The second kappa shape index (κ2) is 11.3. The number of halogens is 3. The molecule has 0 aliphatic carbocycles. The van der Waals surface area contributed by atoms with Crippen LogP contribution in [0.3, 0.4) is 0 Å². The number of aromatic nitrogens is 3. The van der Waals surface area contributed by atoms with E-state index in [9.17, 15) is 18.0 Å². The Morgan fingerprint density at radius 2 is 2.03 bits per heavy atom.